The molecular formula is C15H20N4. The van der Waals surface area contributed by atoms with Crippen molar-refractivity contribution in [1.29, 1.82) is 0 Å². The van der Waals surface area contributed by atoms with Gasteiger partial charge in [0.05, 0.1) is 5.69 Å². The van der Waals surface area contributed by atoms with Crippen molar-refractivity contribution in [2.45, 2.75) is 33.1 Å². The van der Waals surface area contributed by atoms with Gasteiger partial charge < -0.3 is 0 Å². The number of hydrazine groups is 1. The fourth-order valence-electron chi connectivity index (χ4n) is 2.00. The third-order valence-electron chi connectivity index (χ3n) is 3.15. The SMILES string of the molecule is Cc1cc(C(C)(C)C)ccc1-c1ccnc(NN)n1. The van der Waals surface area contributed by atoms with Crippen LogP contribution < -0.4 is 11.3 Å². The zero-order valence-electron chi connectivity index (χ0n) is 11.9. The van der Waals surface area contributed by atoms with Crippen molar-refractivity contribution < 1.29 is 0 Å². The topological polar surface area (TPSA) is 63.8 Å². The minimum Gasteiger partial charge on any atom is -0.292 e. The summed E-state index contributed by atoms with van der Waals surface area (Å²) in [4.78, 5) is 8.39. The molecule has 0 aliphatic heterocycles. The lowest BCUT2D eigenvalue weighted by atomic mass is 9.85. The zero-order chi connectivity index (χ0) is 14.0. The summed E-state index contributed by atoms with van der Waals surface area (Å²) in [6.45, 7) is 8.73. The predicted octanol–water partition coefficient (Wildman–Crippen LogP) is 3.04. The van der Waals surface area contributed by atoms with Crippen LogP contribution in [0, 0.1) is 6.92 Å². The summed E-state index contributed by atoms with van der Waals surface area (Å²) >= 11 is 0. The molecule has 0 saturated carbocycles. The summed E-state index contributed by atoms with van der Waals surface area (Å²) in [5.41, 5.74) is 7.12. The molecule has 1 heterocycles. The van der Waals surface area contributed by atoms with E-state index in [1.165, 1.54) is 11.1 Å². The van der Waals surface area contributed by atoms with Crippen molar-refractivity contribution in [1.82, 2.24) is 9.97 Å². The normalized spacial score (nSPS) is 11.4. The molecule has 0 radical (unpaired) electrons. The van der Waals surface area contributed by atoms with Crippen LogP contribution in [0.15, 0.2) is 30.5 Å². The molecule has 0 aliphatic rings. The van der Waals surface area contributed by atoms with Gasteiger partial charge in [-0.2, -0.15) is 0 Å². The first-order chi connectivity index (χ1) is 8.91. The van der Waals surface area contributed by atoms with E-state index in [9.17, 15) is 0 Å². The summed E-state index contributed by atoms with van der Waals surface area (Å²) < 4.78 is 0. The van der Waals surface area contributed by atoms with Gasteiger partial charge in [0, 0.05) is 11.8 Å². The first-order valence-corrected chi connectivity index (χ1v) is 6.33. The zero-order valence-corrected chi connectivity index (χ0v) is 11.9. The number of aryl methyl sites for hydroxylation is 1. The van der Waals surface area contributed by atoms with Gasteiger partial charge >= 0.3 is 0 Å². The Morgan fingerprint density at radius 1 is 1.16 bits per heavy atom. The van der Waals surface area contributed by atoms with Gasteiger partial charge in [-0.15, -0.1) is 0 Å². The van der Waals surface area contributed by atoms with Crippen molar-refractivity contribution in [2.75, 3.05) is 5.43 Å². The molecule has 0 atom stereocenters. The second-order valence-corrected chi connectivity index (χ2v) is 5.69. The minimum absolute atomic E-state index is 0.152. The van der Waals surface area contributed by atoms with E-state index in [1.807, 2.05) is 6.07 Å². The van der Waals surface area contributed by atoms with E-state index in [2.05, 4.69) is 61.3 Å². The Kier molecular flexibility index (Phi) is 3.53. The fraction of sp³-hybridized carbons (Fsp3) is 0.333. The molecule has 0 unspecified atom stereocenters. The van der Waals surface area contributed by atoms with Gasteiger partial charge in [-0.05, 0) is 29.5 Å². The van der Waals surface area contributed by atoms with E-state index in [0.717, 1.165) is 11.3 Å². The van der Waals surface area contributed by atoms with Crippen LogP contribution in [0.4, 0.5) is 5.95 Å². The van der Waals surface area contributed by atoms with Gasteiger partial charge in [0.15, 0.2) is 0 Å². The Balaban J connectivity index is 2.46. The van der Waals surface area contributed by atoms with Crippen LogP contribution in [0.1, 0.15) is 31.9 Å². The number of benzene rings is 1. The Labute approximate surface area is 114 Å². The van der Waals surface area contributed by atoms with E-state index in [4.69, 9.17) is 5.84 Å². The molecule has 0 bridgehead atoms. The maximum Gasteiger partial charge on any atom is 0.237 e. The van der Waals surface area contributed by atoms with E-state index in [-0.39, 0.29) is 5.41 Å². The van der Waals surface area contributed by atoms with Crippen molar-refractivity contribution >= 4 is 5.95 Å². The fourth-order valence-corrected chi connectivity index (χ4v) is 2.00. The van der Waals surface area contributed by atoms with E-state index >= 15 is 0 Å². The second kappa shape index (κ2) is 4.97. The minimum atomic E-state index is 0.152. The van der Waals surface area contributed by atoms with Crippen LogP contribution >= 0.6 is 0 Å². The lowest BCUT2D eigenvalue weighted by Crippen LogP contribution is -2.12. The molecule has 1 aromatic heterocycles. The van der Waals surface area contributed by atoms with Crippen molar-refractivity contribution in [3.05, 3.63) is 41.6 Å². The molecule has 0 fully saturated rings. The molecular weight excluding hydrogens is 236 g/mol. The largest absolute Gasteiger partial charge is 0.292 e. The molecule has 1 aromatic carbocycles. The van der Waals surface area contributed by atoms with Crippen LogP contribution in [0.2, 0.25) is 0 Å². The number of anilines is 1. The van der Waals surface area contributed by atoms with Crippen molar-refractivity contribution in [3.8, 4) is 11.3 Å². The maximum absolute atomic E-state index is 5.34. The van der Waals surface area contributed by atoms with Crippen LogP contribution in [-0.4, -0.2) is 9.97 Å². The molecule has 3 N–H and O–H groups in total. The van der Waals surface area contributed by atoms with Gasteiger partial charge in [-0.25, -0.2) is 15.8 Å². The van der Waals surface area contributed by atoms with Crippen molar-refractivity contribution in [3.63, 3.8) is 0 Å². The highest BCUT2D eigenvalue weighted by molar-refractivity contribution is 5.64. The summed E-state index contributed by atoms with van der Waals surface area (Å²) in [6, 6.07) is 8.37. The molecule has 0 spiro atoms. The average molecular weight is 256 g/mol. The van der Waals surface area contributed by atoms with Gasteiger partial charge in [0.25, 0.3) is 0 Å². The summed E-state index contributed by atoms with van der Waals surface area (Å²) in [7, 11) is 0. The molecule has 0 aliphatic carbocycles. The third kappa shape index (κ3) is 2.90. The van der Waals surface area contributed by atoms with Gasteiger partial charge in [-0.3, -0.25) is 5.43 Å². The van der Waals surface area contributed by atoms with Crippen LogP contribution in [-0.2, 0) is 5.41 Å². The highest BCUT2D eigenvalue weighted by atomic mass is 15.3. The number of nitrogen functional groups attached to an aromatic ring is 1. The van der Waals surface area contributed by atoms with E-state index < -0.39 is 0 Å². The Bertz CT molecular complexity index is 585. The summed E-state index contributed by atoms with van der Waals surface area (Å²) in [5.74, 6) is 5.77. The quantitative estimate of drug-likeness (QED) is 0.640. The van der Waals surface area contributed by atoms with Crippen LogP contribution in [0.3, 0.4) is 0 Å². The van der Waals surface area contributed by atoms with Gasteiger partial charge in [0.2, 0.25) is 5.95 Å². The molecule has 100 valence electrons. The predicted molar refractivity (Wildman–Crippen MR) is 78.7 cm³/mol. The van der Waals surface area contributed by atoms with Crippen LogP contribution in [0.5, 0.6) is 0 Å². The number of nitrogens with two attached hydrogens (primary N) is 1. The Morgan fingerprint density at radius 3 is 2.47 bits per heavy atom. The second-order valence-electron chi connectivity index (χ2n) is 5.69. The molecule has 4 heteroatoms. The number of hydrogen-bond acceptors (Lipinski definition) is 4. The summed E-state index contributed by atoms with van der Waals surface area (Å²) in [6.07, 6.45) is 1.70. The first kappa shape index (κ1) is 13.5. The van der Waals surface area contributed by atoms with E-state index in [1.54, 1.807) is 6.20 Å². The monoisotopic (exact) mass is 256 g/mol. The molecule has 4 nitrogen and oxygen atoms in total. The molecule has 2 rings (SSSR count). The Morgan fingerprint density at radius 2 is 1.89 bits per heavy atom. The lowest BCUT2D eigenvalue weighted by Gasteiger charge is -2.20. The number of hydrogen-bond donors (Lipinski definition) is 2. The van der Waals surface area contributed by atoms with E-state index in [0.29, 0.717) is 5.95 Å². The lowest BCUT2D eigenvalue weighted by molar-refractivity contribution is 0.590. The smallest absolute Gasteiger partial charge is 0.237 e. The standard InChI is InChI=1S/C15H20N4/c1-10-9-11(15(2,3)4)5-6-12(10)13-7-8-17-14(18-13)19-16/h5-9H,16H2,1-4H3,(H,17,18,19). The number of nitrogens with one attached hydrogen (secondary N) is 1. The number of aromatic nitrogens is 2. The number of rotatable bonds is 2. The highest BCUT2D eigenvalue weighted by Gasteiger charge is 2.15. The molecule has 0 amide bonds. The van der Waals surface area contributed by atoms with Gasteiger partial charge in [-0.1, -0.05) is 39.0 Å². The van der Waals surface area contributed by atoms with Gasteiger partial charge in [0.1, 0.15) is 0 Å². The highest BCUT2D eigenvalue weighted by Crippen LogP contribution is 2.28. The number of nitrogens with zero attached hydrogens (tertiary/aromatic N) is 2. The molecule has 19 heavy (non-hydrogen) atoms. The maximum atomic E-state index is 5.34. The average Bonchev–Trinajstić information content (AvgIpc) is 2.37. The molecule has 2 aromatic rings. The third-order valence-corrected chi connectivity index (χ3v) is 3.15. The van der Waals surface area contributed by atoms with Crippen molar-refractivity contribution in [2.24, 2.45) is 5.84 Å². The Hall–Kier alpha value is -1.94. The first-order valence-electron chi connectivity index (χ1n) is 6.33. The van der Waals surface area contributed by atoms with Crippen LogP contribution in [0.25, 0.3) is 11.3 Å². The molecule has 0 saturated heterocycles. The summed E-state index contributed by atoms with van der Waals surface area (Å²) in [5, 5.41) is 0.